The fraction of sp³-hybridized carbons (Fsp3) is 0.417. The van der Waals surface area contributed by atoms with E-state index >= 15 is 0 Å². The summed E-state index contributed by atoms with van der Waals surface area (Å²) >= 11 is 5.96. The van der Waals surface area contributed by atoms with Crippen molar-refractivity contribution >= 4 is 17.5 Å². The van der Waals surface area contributed by atoms with Gasteiger partial charge >= 0.3 is 0 Å². The fourth-order valence-corrected chi connectivity index (χ4v) is 1.51. The number of ether oxygens (including phenoxy) is 1. The SMILES string of the molecule is CCC(Oc1ccccc1Cl)C(=O)NCCN. The minimum atomic E-state index is -0.540. The molecule has 1 aromatic rings. The van der Waals surface area contributed by atoms with Crippen molar-refractivity contribution in [3.63, 3.8) is 0 Å². The van der Waals surface area contributed by atoms with E-state index in [1.165, 1.54) is 0 Å². The second-order valence-electron chi connectivity index (χ2n) is 3.52. The van der Waals surface area contributed by atoms with Crippen LogP contribution in [0.4, 0.5) is 0 Å². The van der Waals surface area contributed by atoms with Crippen molar-refractivity contribution in [1.29, 1.82) is 0 Å². The molecule has 0 saturated heterocycles. The summed E-state index contributed by atoms with van der Waals surface area (Å²) in [6.45, 7) is 2.74. The minimum Gasteiger partial charge on any atom is -0.479 e. The smallest absolute Gasteiger partial charge is 0.261 e. The molecule has 0 spiro atoms. The fourth-order valence-electron chi connectivity index (χ4n) is 1.33. The van der Waals surface area contributed by atoms with Gasteiger partial charge in [0.2, 0.25) is 0 Å². The summed E-state index contributed by atoms with van der Waals surface area (Å²) in [7, 11) is 0. The van der Waals surface area contributed by atoms with Crippen LogP contribution in [-0.2, 0) is 4.79 Å². The van der Waals surface area contributed by atoms with Gasteiger partial charge in [0.25, 0.3) is 5.91 Å². The van der Waals surface area contributed by atoms with Crippen LogP contribution < -0.4 is 15.8 Å². The third kappa shape index (κ3) is 4.24. The zero-order chi connectivity index (χ0) is 12.7. The lowest BCUT2D eigenvalue weighted by Gasteiger charge is -2.17. The van der Waals surface area contributed by atoms with Gasteiger partial charge in [-0.3, -0.25) is 4.79 Å². The van der Waals surface area contributed by atoms with Crippen LogP contribution in [0.5, 0.6) is 5.75 Å². The number of halogens is 1. The highest BCUT2D eigenvalue weighted by Crippen LogP contribution is 2.24. The summed E-state index contributed by atoms with van der Waals surface area (Å²) < 4.78 is 5.57. The monoisotopic (exact) mass is 256 g/mol. The molecule has 17 heavy (non-hydrogen) atoms. The Bertz CT molecular complexity index is 371. The number of nitrogens with one attached hydrogen (secondary N) is 1. The van der Waals surface area contributed by atoms with Crippen LogP contribution in [0.2, 0.25) is 5.02 Å². The van der Waals surface area contributed by atoms with Crippen molar-refractivity contribution in [1.82, 2.24) is 5.32 Å². The van der Waals surface area contributed by atoms with E-state index in [4.69, 9.17) is 22.1 Å². The Morgan fingerprint density at radius 1 is 1.53 bits per heavy atom. The zero-order valence-corrected chi connectivity index (χ0v) is 10.5. The highest BCUT2D eigenvalue weighted by Gasteiger charge is 2.18. The molecule has 1 rings (SSSR count). The summed E-state index contributed by atoms with van der Waals surface area (Å²) in [5, 5.41) is 3.19. The van der Waals surface area contributed by atoms with E-state index < -0.39 is 6.10 Å². The first-order valence-electron chi connectivity index (χ1n) is 5.58. The molecule has 0 aliphatic carbocycles. The maximum absolute atomic E-state index is 11.7. The van der Waals surface area contributed by atoms with Gasteiger partial charge in [-0.25, -0.2) is 0 Å². The third-order valence-electron chi connectivity index (χ3n) is 2.21. The molecule has 1 atom stereocenters. The number of benzene rings is 1. The van der Waals surface area contributed by atoms with Crippen molar-refractivity contribution in [2.24, 2.45) is 5.73 Å². The molecule has 0 bridgehead atoms. The van der Waals surface area contributed by atoms with Crippen LogP contribution in [0.3, 0.4) is 0 Å². The van der Waals surface area contributed by atoms with E-state index in [1.807, 2.05) is 19.1 Å². The maximum Gasteiger partial charge on any atom is 0.261 e. The molecular weight excluding hydrogens is 240 g/mol. The number of amides is 1. The Kier molecular flexibility index (Phi) is 5.80. The first kappa shape index (κ1) is 13.8. The highest BCUT2D eigenvalue weighted by molar-refractivity contribution is 6.32. The largest absolute Gasteiger partial charge is 0.479 e. The normalized spacial score (nSPS) is 11.9. The molecule has 0 fully saturated rings. The average Bonchev–Trinajstić information content (AvgIpc) is 2.35. The first-order chi connectivity index (χ1) is 8.19. The molecular formula is C12H17ClN2O2. The number of nitrogens with two attached hydrogens (primary N) is 1. The summed E-state index contributed by atoms with van der Waals surface area (Å²) in [6.07, 6.45) is 0.0307. The Morgan fingerprint density at radius 2 is 2.24 bits per heavy atom. The van der Waals surface area contributed by atoms with Crippen molar-refractivity contribution in [3.05, 3.63) is 29.3 Å². The predicted octanol–water partition coefficient (Wildman–Crippen LogP) is 1.57. The average molecular weight is 257 g/mol. The summed E-state index contributed by atoms with van der Waals surface area (Å²) in [5.74, 6) is 0.349. The number of carbonyl (C=O) groups is 1. The van der Waals surface area contributed by atoms with E-state index in [1.54, 1.807) is 12.1 Å². The standard InChI is InChI=1S/C12H17ClN2O2/c1-2-10(12(16)15-8-7-14)17-11-6-4-3-5-9(11)13/h3-6,10H,2,7-8,14H2,1H3,(H,15,16). The van der Waals surface area contributed by atoms with Gasteiger partial charge in [0.1, 0.15) is 5.75 Å². The molecule has 5 heteroatoms. The molecule has 0 aliphatic heterocycles. The van der Waals surface area contributed by atoms with Crippen LogP contribution in [0, 0.1) is 0 Å². The number of rotatable bonds is 6. The van der Waals surface area contributed by atoms with Crippen LogP contribution in [-0.4, -0.2) is 25.1 Å². The van der Waals surface area contributed by atoms with Gasteiger partial charge < -0.3 is 15.8 Å². The second kappa shape index (κ2) is 7.14. The number of carbonyl (C=O) groups excluding carboxylic acids is 1. The molecule has 1 aromatic carbocycles. The topological polar surface area (TPSA) is 64.3 Å². The van der Waals surface area contributed by atoms with Gasteiger partial charge in [-0.1, -0.05) is 30.7 Å². The summed E-state index contributed by atoms with van der Waals surface area (Å²) in [5.41, 5.74) is 5.32. The summed E-state index contributed by atoms with van der Waals surface area (Å²) in [6, 6.07) is 7.08. The van der Waals surface area contributed by atoms with E-state index in [0.717, 1.165) is 0 Å². The van der Waals surface area contributed by atoms with Crippen molar-refractivity contribution in [2.45, 2.75) is 19.4 Å². The van der Waals surface area contributed by atoms with E-state index in [0.29, 0.717) is 30.3 Å². The van der Waals surface area contributed by atoms with Crippen molar-refractivity contribution in [2.75, 3.05) is 13.1 Å². The Balaban J connectivity index is 2.63. The molecule has 0 heterocycles. The van der Waals surface area contributed by atoms with Crippen LogP contribution in [0.25, 0.3) is 0 Å². The van der Waals surface area contributed by atoms with Gasteiger partial charge in [-0.05, 0) is 18.6 Å². The Morgan fingerprint density at radius 3 is 2.82 bits per heavy atom. The Hall–Kier alpha value is -1.26. The molecule has 1 amide bonds. The van der Waals surface area contributed by atoms with Crippen molar-refractivity contribution in [3.8, 4) is 5.75 Å². The highest BCUT2D eigenvalue weighted by atomic mass is 35.5. The molecule has 0 aliphatic rings. The molecule has 0 radical (unpaired) electrons. The molecule has 0 saturated carbocycles. The van der Waals surface area contributed by atoms with Crippen LogP contribution in [0.1, 0.15) is 13.3 Å². The van der Waals surface area contributed by atoms with Crippen LogP contribution in [0.15, 0.2) is 24.3 Å². The predicted molar refractivity (Wildman–Crippen MR) is 68.2 cm³/mol. The Labute approximate surface area is 106 Å². The molecule has 0 aromatic heterocycles. The number of para-hydroxylation sites is 1. The lowest BCUT2D eigenvalue weighted by Crippen LogP contribution is -2.40. The number of hydrogen-bond acceptors (Lipinski definition) is 3. The van der Waals surface area contributed by atoms with Crippen LogP contribution >= 0.6 is 11.6 Å². The number of hydrogen-bond donors (Lipinski definition) is 2. The minimum absolute atomic E-state index is 0.169. The van der Waals surface area contributed by atoms with Gasteiger partial charge in [0.05, 0.1) is 5.02 Å². The van der Waals surface area contributed by atoms with E-state index in [2.05, 4.69) is 5.32 Å². The second-order valence-corrected chi connectivity index (χ2v) is 3.93. The molecule has 94 valence electrons. The zero-order valence-electron chi connectivity index (χ0n) is 9.78. The third-order valence-corrected chi connectivity index (χ3v) is 2.52. The van der Waals surface area contributed by atoms with Gasteiger partial charge in [-0.15, -0.1) is 0 Å². The lowest BCUT2D eigenvalue weighted by atomic mass is 10.2. The lowest BCUT2D eigenvalue weighted by molar-refractivity contribution is -0.128. The van der Waals surface area contributed by atoms with E-state index in [-0.39, 0.29) is 5.91 Å². The van der Waals surface area contributed by atoms with Gasteiger partial charge in [0.15, 0.2) is 6.10 Å². The molecule has 3 N–H and O–H groups in total. The van der Waals surface area contributed by atoms with Gasteiger partial charge in [-0.2, -0.15) is 0 Å². The first-order valence-corrected chi connectivity index (χ1v) is 5.95. The van der Waals surface area contributed by atoms with Crippen molar-refractivity contribution < 1.29 is 9.53 Å². The molecule has 1 unspecified atom stereocenters. The van der Waals surface area contributed by atoms with E-state index in [9.17, 15) is 4.79 Å². The maximum atomic E-state index is 11.7. The quantitative estimate of drug-likeness (QED) is 0.812. The summed E-state index contributed by atoms with van der Waals surface area (Å²) in [4.78, 5) is 11.7. The van der Waals surface area contributed by atoms with Gasteiger partial charge in [0, 0.05) is 13.1 Å². The molecule has 4 nitrogen and oxygen atoms in total.